The van der Waals surface area contributed by atoms with E-state index in [1.54, 1.807) is 50.2 Å². The van der Waals surface area contributed by atoms with E-state index in [4.69, 9.17) is 18.9 Å². The van der Waals surface area contributed by atoms with Crippen molar-refractivity contribution in [3.63, 3.8) is 0 Å². The van der Waals surface area contributed by atoms with Crippen molar-refractivity contribution in [2.75, 3.05) is 56.8 Å². The fourth-order valence-electron chi connectivity index (χ4n) is 5.15. The monoisotopic (exact) mass is 733 g/mol. The first-order chi connectivity index (χ1) is 23.5. The van der Waals surface area contributed by atoms with E-state index in [2.05, 4.69) is 16.0 Å². The summed E-state index contributed by atoms with van der Waals surface area (Å²) in [5.74, 6) is -1.84. The summed E-state index contributed by atoms with van der Waals surface area (Å²) in [5, 5.41) is 7.97. The molecule has 3 aromatic carbocycles. The summed E-state index contributed by atoms with van der Waals surface area (Å²) in [6.45, 7) is 5.33. The summed E-state index contributed by atoms with van der Waals surface area (Å²) in [6.07, 6.45) is 2.04. The van der Waals surface area contributed by atoms with Crippen LogP contribution in [0.2, 0.25) is 0 Å². The normalized spacial score (nSPS) is 12.6. The Morgan fingerprint density at radius 2 is 1.14 bits per heavy atom. The zero-order chi connectivity index (χ0) is 37.2. The van der Waals surface area contributed by atoms with Crippen LogP contribution in [0, 0.1) is 0 Å². The second-order valence-electron chi connectivity index (χ2n) is 11.3. The highest BCUT2D eigenvalue weighted by Crippen LogP contribution is 2.33. The van der Waals surface area contributed by atoms with Gasteiger partial charge < -0.3 is 34.9 Å². The molecule has 3 amide bonds. The molecule has 0 aliphatic rings. The van der Waals surface area contributed by atoms with Gasteiger partial charge in [-0.1, -0.05) is 18.2 Å². The van der Waals surface area contributed by atoms with Crippen molar-refractivity contribution < 1.29 is 50.2 Å². The minimum Gasteiger partial charge on any atom is -0.493 e. The van der Waals surface area contributed by atoms with Crippen molar-refractivity contribution in [3.05, 3.63) is 76.9 Å². The first kappa shape index (κ1) is 39.6. The summed E-state index contributed by atoms with van der Waals surface area (Å²) >= 11 is 0. The molecule has 3 aromatic rings. The van der Waals surface area contributed by atoms with Crippen LogP contribution in [0.5, 0.6) is 23.0 Å². The van der Waals surface area contributed by atoms with Gasteiger partial charge in [0.25, 0.3) is 11.8 Å². The maximum Gasteiger partial charge on any atom is 0.254 e. The van der Waals surface area contributed by atoms with E-state index in [0.29, 0.717) is 40.7 Å². The van der Waals surface area contributed by atoms with E-state index in [0.717, 1.165) is 12.5 Å². The third-order valence-corrected chi connectivity index (χ3v) is 9.05. The lowest BCUT2D eigenvalue weighted by atomic mass is 10.0. The molecule has 16 heteroatoms. The zero-order valence-corrected chi connectivity index (χ0v) is 30.6. The van der Waals surface area contributed by atoms with E-state index < -0.39 is 61.0 Å². The van der Waals surface area contributed by atoms with Crippen molar-refractivity contribution >= 4 is 43.1 Å². The maximum absolute atomic E-state index is 14.1. The van der Waals surface area contributed by atoms with Crippen molar-refractivity contribution in [1.82, 2.24) is 10.6 Å². The van der Waals surface area contributed by atoms with Gasteiger partial charge in [0.1, 0.15) is 19.7 Å². The van der Waals surface area contributed by atoms with Crippen LogP contribution >= 0.6 is 0 Å². The number of nitrogens with one attached hydrogen (secondary N) is 3. The summed E-state index contributed by atoms with van der Waals surface area (Å²) < 4.78 is 72.1. The third kappa shape index (κ3) is 11.1. The number of hydrogen-bond donors (Lipinski definition) is 3. The predicted molar refractivity (Wildman–Crippen MR) is 189 cm³/mol. The van der Waals surface area contributed by atoms with Crippen molar-refractivity contribution in [2.24, 2.45) is 0 Å². The van der Waals surface area contributed by atoms with E-state index in [1.807, 2.05) is 0 Å². The highest BCUT2D eigenvalue weighted by Gasteiger charge is 2.29. The largest absolute Gasteiger partial charge is 0.493 e. The fourth-order valence-corrected chi connectivity index (χ4v) is 6.91. The molecule has 0 saturated carbocycles. The Kier molecular flexibility index (Phi) is 13.6. The van der Waals surface area contributed by atoms with E-state index in [9.17, 15) is 31.2 Å². The van der Waals surface area contributed by atoms with Gasteiger partial charge in [0.15, 0.2) is 23.0 Å². The SMILES string of the molecule is CCOc1cc([C@@H](CS(C)(=O)=O)NC(=O)c2cccc(NC(C)=O)c2C(=O)N[C@H](CS(C)(=O)=O)c2ccc(OC)c(OCC)c2)ccc1OC. The molecule has 3 rings (SSSR count). The number of sulfone groups is 2. The quantitative estimate of drug-likeness (QED) is 0.184. The number of carbonyl (C=O) groups is 3. The molecule has 0 unspecified atom stereocenters. The summed E-state index contributed by atoms with van der Waals surface area (Å²) in [4.78, 5) is 40.3. The number of amides is 3. The van der Waals surface area contributed by atoms with Gasteiger partial charge in [-0.2, -0.15) is 0 Å². The average molecular weight is 734 g/mol. The van der Waals surface area contributed by atoms with Gasteiger partial charge in [0.05, 0.1) is 67.8 Å². The van der Waals surface area contributed by atoms with Crippen molar-refractivity contribution in [3.8, 4) is 23.0 Å². The van der Waals surface area contributed by atoms with Gasteiger partial charge in [-0.15, -0.1) is 0 Å². The molecule has 2 atom stereocenters. The number of ether oxygens (including phenoxy) is 4. The van der Waals surface area contributed by atoms with E-state index in [1.165, 1.54) is 39.3 Å². The maximum atomic E-state index is 14.1. The molecule has 0 aromatic heterocycles. The lowest BCUT2D eigenvalue weighted by molar-refractivity contribution is -0.114. The standard InChI is InChI=1S/C34H43N3O11S2/c1-8-47-30-17-22(13-15-28(30)45-4)26(19-49(6,41)42)36-33(39)24-11-10-12-25(35-21(3)38)32(24)34(40)37-27(20-50(7,43)44)23-14-16-29(46-5)31(18-23)48-9-2/h10-18,26-27H,8-9,19-20H2,1-7H3,(H,35,38)(H,36,39)(H,37,40)/t26-,27-/m1/s1. The lowest BCUT2D eigenvalue weighted by Crippen LogP contribution is -2.37. The molecule has 0 saturated heterocycles. The second-order valence-corrected chi connectivity index (χ2v) is 15.7. The molecule has 0 radical (unpaired) electrons. The van der Waals surface area contributed by atoms with Crippen LogP contribution in [-0.4, -0.2) is 86.0 Å². The van der Waals surface area contributed by atoms with Crippen LogP contribution in [0.1, 0.15) is 64.7 Å². The Labute approximate surface area is 292 Å². The van der Waals surface area contributed by atoms with E-state index >= 15 is 0 Å². The predicted octanol–water partition coefficient (Wildman–Crippen LogP) is 3.49. The van der Waals surface area contributed by atoms with Crippen molar-refractivity contribution in [1.29, 1.82) is 0 Å². The molecule has 0 fully saturated rings. The zero-order valence-electron chi connectivity index (χ0n) is 29.0. The average Bonchev–Trinajstić information content (AvgIpc) is 3.02. The molecule has 0 aliphatic carbocycles. The van der Waals surface area contributed by atoms with E-state index in [-0.39, 0.29) is 23.4 Å². The second kappa shape index (κ2) is 17.2. The Morgan fingerprint density at radius 3 is 1.54 bits per heavy atom. The molecular formula is C34H43N3O11S2. The number of rotatable bonds is 17. The Bertz CT molecular complexity index is 1930. The van der Waals surface area contributed by atoms with Crippen LogP contribution < -0.4 is 34.9 Å². The third-order valence-electron chi connectivity index (χ3n) is 7.18. The molecule has 0 spiro atoms. The Hall–Kier alpha value is -4.83. The van der Waals surface area contributed by atoms with Crippen LogP contribution in [-0.2, 0) is 24.5 Å². The van der Waals surface area contributed by atoms with Gasteiger partial charge in [-0.05, 0) is 61.4 Å². The number of carbonyl (C=O) groups excluding carboxylic acids is 3. The first-order valence-corrected chi connectivity index (χ1v) is 19.6. The molecule has 0 bridgehead atoms. The first-order valence-electron chi connectivity index (χ1n) is 15.5. The lowest BCUT2D eigenvalue weighted by Gasteiger charge is -2.23. The number of hydrogen-bond acceptors (Lipinski definition) is 11. The Morgan fingerprint density at radius 1 is 0.680 bits per heavy atom. The van der Waals surface area contributed by atoms with Crippen LogP contribution in [0.25, 0.3) is 0 Å². The Balaban J connectivity index is 2.13. The van der Waals surface area contributed by atoms with Gasteiger partial charge in [-0.25, -0.2) is 16.8 Å². The molecule has 272 valence electrons. The smallest absolute Gasteiger partial charge is 0.254 e. The number of anilines is 1. The van der Waals surface area contributed by atoms with Gasteiger partial charge >= 0.3 is 0 Å². The van der Waals surface area contributed by atoms with Crippen LogP contribution in [0.4, 0.5) is 5.69 Å². The van der Waals surface area contributed by atoms with Crippen LogP contribution in [0.15, 0.2) is 54.6 Å². The van der Waals surface area contributed by atoms with Gasteiger partial charge in [-0.3, -0.25) is 14.4 Å². The summed E-state index contributed by atoms with van der Waals surface area (Å²) in [6, 6.07) is 11.4. The molecular weight excluding hydrogens is 691 g/mol. The van der Waals surface area contributed by atoms with Crippen molar-refractivity contribution in [2.45, 2.75) is 32.9 Å². The topological polar surface area (TPSA) is 192 Å². The number of methoxy groups -OCH3 is 2. The molecule has 14 nitrogen and oxygen atoms in total. The highest BCUT2D eigenvalue weighted by molar-refractivity contribution is 7.90. The molecule has 0 aliphatic heterocycles. The van der Waals surface area contributed by atoms with Gasteiger partial charge in [0.2, 0.25) is 5.91 Å². The minimum atomic E-state index is -3.68. The highest BCUT2D eigenvalue weighted by atomic mass is 32.2. The molecule has 0 heterocycles. The van der Waals surface area contributed by atoms with Gasteiger partial charge in [0, 0.05) is 19.4 Å². The summed E-state index contributed by atoms with van der Waals surface area (Å²) in [7, 11) is -4.45. The molecule has 3 N–H and O–H groups in total. The molecule has 50 heavy (non-hydrogen) atoms. The number of benzene rings is 3. The minimum absolute atomic E-state index is 0.0340. The fraction of sp³-hybridized carbons (Fsp3) is 0.382. The summed E-state index contributed by atoms with van der Waals surface area (Å²) in [5.41, 5.74) is 0.227. The van der Waals surface area contributed by atoms with Crippen LogP contribution in [0.3, 0.4) is 0 Å².